The molecule has 0 heterocycles. The normalized spacial score (nSPS) is 9.94. The summed E-state index contributed by atoms with van der Waals surface area (Å²) in [5.74, 6) is -3.19. The van der Waals surface area contributed by atoms with E-state index in [-0.39, 0.29) is 0 Å². The van der Waals surface area contributed by atoms with Gasteiger partial charge in [-0.25, -0.2) is 0 Å². The van der Waals surface area contributed by atoms with Gasteiger partial charge < -0.3 is 24.9 Å². The fraction of sp³-hybridized carbons (Fsp3) is 0.0909. The molecule has 0 amide bonds. The smallest absolute Gasteiger partial charge is 0.285 e. The fourth-order valence-electron chi connectivity index (χ4n) is 1.83. The van der Waals surface area contributed by atoms with Crippen LogP contribution in [-0.2, 0) is 30.1 Å². The Bertz CT molecular complexity index is 1070. The lowest BCUT2D eigenvalue weighted by atomic mass is 10.1. The number of non-ortho nitro benzene ring substituents is 1. The van der Waals surface area contributed by atoms with E-state index in [0.29, 0.717) is 6.07 Å². The van der Waals surface area contributed by atoms with Crippen molar-refractivity contribution in [2.45, 2.75) is 22.8 Å². The average Bonchev–Trinajstić information content (AvgIpc) is 2.80. The van der Waals surface area contributed by atoms with Crippen molar-refractivity contribution >= 4 is 48.6 Å². The van der Waals surface area contributed by atoms with E-state index < -0.39 is 44.8 Å². The molecular weight excluding hydrogens is 500 g/mol. The Balaban J connectivity index is 0.000000484. The maximum Gasteiger partial charge on any atom is 0.285 e. The lowest BCUT2D eigenvalue weighted by Crippen LogP contribution is -2.32. The number of carbonyl (C=O) groups excluding carboxylic acids is 2. The third-order valence-electron chi connectivity index (χ3n) is 3.50. The first kappa shape index (κ1) is 31.1. The summed E-state index contributed by atoms with van der Waals surface area (Å²) in [6.07, 6.45) is -1.34. The van der Waals surface area contributed by atoms with Crippen molar-refractivity contribution in [1.29, 1.82) is 0 Å². The van der Waals surface area contributed by atoms with E-state index in [1.807, 2.05) is 60.7 Å². The topological polar surface area (TPSA) is 187 Å². The molecule has 3 rings (SSSR count). The van der Waals surface area contributed by atoms with Crippen LogP contribution < -0.4 is 10.2 Å². The Labute approximate surface area is 210 Å². The molecule has 0 aliphatic rings. The summed E-state index contributed by atoms with van der Waals surface area (Å²) < 4.78 is 0. The van der Waals surface area contributed by atoms with E-state index in [1.54, 1.807) is 0 Å². The highest BCUT2D eigenvalue weighted by Gasteiger charge is 2.19. The summed E-state index contributed by atoms with van der Waals surface area (Å²) in [4.78, 5) is 40.8. The van der Waals surface area contributed by atoms with Crippen LogP contribution in [0.1, 0.15) is 17.3 Å². The van der Waals surface area contributed by atoms with Gasteiger partial charge in [-0.3, -0.25) is 20.2 Å². The second-order valence-electron chi connectivity index (χ2n) is 6.23. The molecule has 1 N–H and O–H groups in total. The predicted octanol–water partition coefficient (Wildman–Crippen LogP) is 0.0976. The number of aromatic carboxylic acids is 1. The molecule has 1 atom stereocenters. The van der Waals surface area contributed by atoms with E-state index in [9.17, 15) is 40.0 Å². The van der Waals surface area contributed by atoms with E-state index in [1.165, 1.54) is 0 Å². The molecule has 0 aliphatic heterocycles. The third-order valence-corrected chi connectivity index (χ3v) is 4.16. The summed E-state index contributed by atoms with van der Waals surface area (Å²) in [6, 6.07) is 22.1. The number of rotatable bonds is 4. The molecule has 0 saturated carbocycles. The molecule has 1 unspecified atom stereocenters. The van der Waals surface area contributed by atoms with Gasteiger partial charge in [-0.2, -0.15) is 0 Å². The summed E-state index contributed by atoms with van der Waals surface area (Å²) in [5, 5.41) is 48.4. The van der Waals surface area contributed by atoms with Gasteiger partial charge in [-0.05, 0) is 62.5 Å². The zero-order chi connectivity index (χ0) is 27.0. The van der Waals surface area contributed by atoms with Crippen molar-refractivity contribution in [2.24, 2.45) is 0 Å². The number of carbonyl (C=O) groups is 2. The van der Waals surface area contributed by atoms with Crippen molar-refractivity contribution in [3.63, 3.8) is 0 Å². The first-order valence-corrected chi connectivity index (χ1v) is 10.4. The van der Waals surface area contributed by atoms with Crippen LogP contribution >= 0.6 is 0 Å². The highest BCUT2D eigenvalue weighted by molar-refractivity contribution is 7.59. The Morgan fingerprint density at radius 3 is 1.43 bits per heavy atom. The van der Waals surface area contributed by atoms with Gasteiger partial charge in [0.15, 0.2) is 0 Å². The number of carboxylic acid groups (broad SMARTS) is 2. The van der Waals surface area contributed by atoms with Crippen molar-refractivity contribution in [2.75, 3.05) is 0 Å². The van der Waals surface area contributed by atoms with Gasteiger partial charge in [0.05, 0.1) is 39.5 Å². The molecule has 186 valence electrons. The molecule has 13 heteroatoms. The monoisotopic (exact) mass is 522 g/mol. The molecule has 35 heavy (non-hydrogen) atoms. The maximum absolute atomic E-state index is 10.4. The van der Waals surface area contributed by atoms with Crippen LogP contribution in [-0.4, -0.2) is 33.0 Å². The standard InChI is InChI=1S/C7H4N2O6.2C6H6S.C3H6O3/c10-7(11)5-2-1-4(8(12)13)3-6(5)9(14)15;2*7-6-4-2-1-3-5-6;1-2(4)3(5)6/h1-3H,(H,10,11);2*1-5,7H;2,4H,1H3,(H,5,6). The first-order chi connectivity index (χ1) is 16.4. The molecule has 0 radical (unpaired) electrons. The number of nitrogens with zero attached hydrogens (tertiary/aromatic N) is 2. The van der Waals surface area contributed by atoms with Crippen molar-refractivity contribution in [3.05, 3.63) is 105 Å². The molecule has 3 aromatic carbocycles. The molecule has 0 fully saturated rings. The summed E-state index contributed by atoms with van der Waals surface area (Å²) >= 11 is 6.71. The van der Waals surface area contributed by atoms with Gasteiger partial charge in [-0.1, -0.05) is 36.4 Å². The Hall–Kier alpha value is -3.94. The first-order valence-electron chi connectivity index (χ1n) is 9.43. The summed E-state index contributed by atoms with van der Waals surface area (Å²) in [5.41, 5.74) is -2.10. The third kappa shape index (κ3) is 14.0. The Kier molecular flexibility index (Phi) is 14.8. The maximum atomic E-state index is 10.4. The van der Waals surface area contributed by atoms with Gasteiger partial charge >= 0.3 is 0 Å². The molecule has 0 aromatic heterocycles. The van der Waals surface area contributed by atoms with E-state index in [4.69, 9.17) is 5.11 Å². The molecule has 11 nitrogen and oxygen atoms in total. The predicted molar refractivity (Wildman–Crippen MR) is 130 cm³/mol. The van der Waals surface area contributed by atoms with Crippen LogP contribution in [0.15, 0.2) is 88.7 Å². The van der Waals surface area contributed by atoms with Crippen LogP contribution in [0.5, 0.6) is 0 Å². The van der Waals surface area contributed by atoms with E-state index >= 15 is 0 Å². The van der Waals surface area contributed by atoms with Gasteiger partial charge in [0.1, 0.15) is 9.79 Å². The number of nitro groups is 2. The van der Waals surface area contributed by atoms with Gasteiger partial charge in [0, 0.05) is 6.07 Å². The summed E-state index contributed by atoms with van der Waals surface area (Å²) in [6.45, 7) is 1.13. The average molecular weight is 523 g/mol. The second kappa shape index (κ2) is 16.6. The van der Waals surface area contributed by atoms with Crippen molar-refractivity contribution in [3.8, 4) is 0 Å². The van der Waals surface area contributed by atoms with Crippen LogP contribution in [0.25, 0.3) is 0 Å². The molecule has 3 aromatic rings. The highest BCUT2D eigenvalue weighted by Crippen LogP contribution is 2.23. The van der Waals surface area contributed by atoms with Crippen LogP contribution in [0.2, 0.25) is 0 Å². The van der Waals surface area contributed by atoms with Crippen LogP contribution in [0.3, 0.4) is 0 Å². The number of aliphatic hydroxyl groups excluding tert-OH is 1. The molecule has 0 bridgehead atoms. The minimum absolute atomic E-state index is 0.549. The van der Waals surface area contributed by atoms with Gasteiger partial charge in [0.2, 0.25) is 0 Å². The largest absolute Gasteiger partial charge is 0.547 e. The van der Waals surface area contributed by atoms with E-state index in [2.05, 4.69) is 25.3 Å². The van der Waals surface area contributed by atoms with Gasteiger partial charge in [0.25, 0.3) is 11.4 Å². The number of aliphatic carboxylic acids is 1. The Morgan fingerprint density at radius 2 is 1.20 bits per heavy atom. The molecule has 0 aliphatic carbocycles. The number of aliphatic hydroxyl groups is 1. The molecule has 0 saturated heterocycles. The highest BCUT2D eigenvalue weighted by atomic mass is 32.1. The number of benzene rings is 3. The van der Waals surface area contributed by atoms with E-state index in [0.717, 1.165) is 28.8 Å². The minimum Gasteiger partial charge on any atom is -0.547 e. The molecular formula is C22H22N2O9S2. The number of carboxylic acids is 2. The minimum atomic E-state index is -1.75. The number of nitro benzene ring substituents is 2. The zero-order valence-corrected chi connectivity index (χ0v) is 20.2. The fourth-order valence-corrected chi connectivity index (χ4v) is 2.22. The van der Waals surface area contributed by atoms with Crippen LogP contribution in [0, 0.1) is 20.2 Å². The zero-order valence-electron chi connectivity index (χ0n) is 18.2. The SMILES string of the molecule is CC(O)C(=O)[O-].O=C([O-])c1ccc([N+](=O)[O-])cc1[N+](=O)[O-].[SH2+]c1ccccc1.[SH2+]c1ccccc1. The van der Waals surface area contributed by atoms with Gasteiger partial charge in [-0.15, -0.1) is 0 Å². The van der Waals surface area contributed by atoms with Crippen molar-refractivity contribution in [1.82, 2.24) is 0 Å². The number of hydrogen-bond donors (Lipinski definition) is 1. The number of hydrogen-bond acceptors (Lipinski definition) is 9. The van der Waals surface area contributed by atoms with Crippen LogP contribution in [0.4, 0.5) is 11.4 Å². The quantitative estimate of drug-likeness (QED) is 0.281. The lowest BCUT2D eigenvalue weighted by Gasteiger charge is -2.02. The molecule has 0 spiro atoms. The Morgan fingerprint density at radius 1 is 0.800 bits per heavy atom. The van der Waals surface area contributed by atoms with Crippen molar-refractivity contribution < 1.29 is 34.8 Å². The second-order valence-corrected chi connectivity index (χ2v) is 7.38. The lowest BCUT2D eigenvalue weighted by molar-refractivity contribution is -0.394. The summed E-state index contributed by atoms with van der Waals surface area (Å²) in [7, 11) is 0.